The van der Waals surface area contributed by atoms with E-state index in [1.165, 1.54) is 7.11 Å². The van der Waals surface area contributed by atoms with Gasteiger partial charge in [0.1, 0.15) is 29.6 Å². The summed E-state index contributed by atoms with van der Waals surface area (Å²) in [5, 5.41) is 9.27. The summed E-state index contributed by atoms with van der Waals surface area (Å²) in [6, 6.07) is 23.4. The van der Waals surface area contributed by atoms with Gasteiger partial charge in [0, 0.05) is 12.1 Å². The molecule has 0 aliphatic carbocycles. The lowest BCUT2D eigenvalue weighted by atomic mass is 10.2. The summed E-state index contributed by atoms with van der Waals surface area (Å²) in [7, 11) is 1.53. The molecule has 3 aromatic carbocycles. The number of rotatable bonds is 12. The molecule has 39 heavy (non-hydrogen) atoms. The first kappa shape index (κ1) is 27.3. The lowest BCUT2D eigenvalue weighted by molar-refractivity contribution is -0.138. The number of nitrogens with zero attached hydrogens (tertiary/aromatic N) is 2. The lowest BCUT2D eigenvalue weighted by Gasteiger charge is -2.20. The van der Waals surface area contributed by atoms with Gasteiger partial charge in [0.15, 0.2) is 0 Å². The molecule has 0 saturated carbocycles. The largest absolute Gasteiger partial charge is 0.497 e. The van der Waals surface area contributed by atoms with Crippen molar-refractivity contribution in [1.29, 1.82) is 0 Å². The molecule has 1 N–H and O–H groups in total. The van der Waals surface area contributed by atoms with Crippen LogP contribution in [0.15, 0.2) is 83.3 Å². The zero-order valence-electron chi connectivity index (χ0n) is 21.8. The second kappa shape index (κ2) is 13.1. The molecular formula is C30H30N2O7. The van der Waals surface area contributed by atoms with Crippen molar-refractivity contribution in [3.05, 3.63) is 95.9 Å². The molecule has 9 heteroatoms. The van der Waals surface area contributed by atoms with Crippen LogP contribution in [-0.2, 0) is 17.8 Å². The van der Waals surface area contributed by atoms with E-state index in [2.05, 4.69) is 4.98 Å². The molecule has 9 nitrogen and oxygen atoms in total. The second-order valence-electron chi connectivity index (χ2n) is 8.78. The number of aliphatic carboxylic acids is 1. The maximum Gasteiger partial charge on any atom is 0.416 e. The second-order valence-corrected chi connectivity index (χ2v) is 8.78. The maximum absolute atomic E-state index is 12.6. The van der Waals surface area contributed by atoms with E-state index in [1.807, 2.05) is 37.3 Å². The summed E-state index contributed by atoms with van der Waals surface area (Å²) in [6.07, 6.45) is 0.717. The summed E-state index contributed by atoms with van der Waals surface area (Å²) in [5.41, 5.74) is 2.59. The number of aryl methyl sites for hydroxylation is 2. The Labute approximate surface area is 226 Å². The Balaban J connectivity index is 1.27. The summed E-state index contributed by atoms with van der Waals surface area (Å²) >= 11 is 0. The Morgan fingerprint density at radius 3 is 2.26 bits per heavy atom. The molecule has 4 rings (SSSR count). The number of aromatic nitrogens is 1. The van der Waals surface area contributed by atoms with Crippen molar-refractivity contribution in [1.82, 2.24) is 9.88 Å². The Morgan fingerprint density at radius 2 is 1.59 bits per heavy atom. The quantitative estimate of drug-likeness (QED) is 0.230. The Morgan fingerprint density at radius 1 is 0.923 bits per heavy atom. The number of oxazole rings is 1. The van der Waals surface area contributed by atoms with Crippen molar-refractivity contribution in [3.8, 4) is 28.7 Å². The topological polar surface area (TPSA) is 111 Å². The van der Waals surface area contributed by atoms with Crippen molar-refractivity contribution in [2.75, 3.05) is 20.3 Å². The Kier molecular flexibility index (Phi) is 9.18. The van der Waals surface area contributed by atoms with Crippen LogP contribution in [-0.4, -0.2) is 47.3 Å². The van der Waals surface area contributed by atoms with Gasteiger partial charge in [0.05, 0.1) is 19.4 Å². The normalized spacial score (nSPS) is 10.6. The highest BCUT2D eigenvalue weighted by Gasteiger charge is 2.20. The van der Waals surface area contributed by atoms with E-state index in [0.29, 0.717) is 24.0 Å². The fraction of sp³-hybridized carbons (Fsp3) is 0.233. The van der Waals surface area contributed by atoms with Gasteiger partial charge >= 0.3 is 12.1 Å². The van der Waals surface area contributed by atoms with Crippen LogP contribution in [0.4, 0.5) is 4.79 Å². The third kappa shape index (κ3) is 7.85. The number of carboxylic acid groups (broad SMARTS) is 1. The predicted octanol–water partition coefficient (Wildman–Crippen LogP) is 5.76. The highest BCUT2D eigenvalue weighted by molar-refractivity contribution is 5.78. The van der Waals surface area contributed by atoms with Gasteiger partial charge in [-0.05, 0) is 73.9 Å². The van der Waals surface area contributed by atoms with Crippen molar-refractivity contribution in [3.63, 3.8) is 0 Å². The molecule has 1 amide bonds. The minimum Gasteiger partial charge on any atom is -0.497 e. The highest BCUT2D eigenvalue weighted by Crippen LogP contribution is 2.23. The van der Waals surface area contributed by atoms with Crippen molar-refractivity contribution in [2.45, 2.75) is 26.3 Å². The van der Waals surface area contributed by atoms with E-state index in [4.69, 9.17) is 18.6 Å². The molecule has 0 bridgehead atoms. The molecule has 1 heterocycles. The van der Waals surface area contributed by atoms with E-state index in [-0.39, 0.29) is 12.3 Å². The fourth-order valence-corrected chi connectivity index (χ4v) is 3.86. The first-order valence-corrected chi connectivity index (χ1v) is 12.5. The molecule has 202 valence electrons. The average Bonchev–Trinajstić information content (AvgIpc) is 3.32. The number of hydrogen-bond acceptors (Lipinski definition) is 7. The van der Waals surface area contributed by atoms with Gasteiger partial charge in [-0.2, -0.15) is 0 Å². The van der Waals surface area contributed by atoms with Gasteiger partial charge in [0.25, 0.3) is 0 Å². The number of ether oxygens (including phenoxy) is 3. The van der Waals surface area contributed by atoms with Crippen molar-refractivity contribution >= 4 is 12.1 Å². The fourth-order valence-electron chi connectivity index (χ4n) is 3.86. The number of methoxy groups -OCH3 is 1. The van der Waals surface area contributed by atoms with Crippen LogP contribution in [0.1, 0.15) is 23.4 Å². The molecule has 0 saturated heterocycles. The third-order valence-corrected chi connectivity index (χ3v) is 5.89. The maximum atomic E-state index is 12.6. The van der Waals surface area contributed by atoms with Crippen molar-refractivity contribution < 1.29 is 33.3 Å². The summed E-state index contributed by atoms with van der Waals surface area (Å²) in [5.74, 6) is 1.85. The Bertz CT molecular complexity index is 1370. The van der Waals surface area contributed by atoms with Crippen LogP contribution in [0.5, 0.6) is 17.2 Å². The molecule has 1 aromatic heterocycles. The molecule has 0 unspecified atom stereocenters. The molecule has 0 fully saturated rings. The van der Waals surface area contributed by atoms with Crippen LogP contribution in [0.2, 0.25) is 0 Å². The average molecular weight is 531 g/mol. The molecule has 0 spiro atoms. The molecule has 0 aliphatic heterocycles. The van der Waals surface area contributed by atoms with Crippen LogP contribution in [0.25, 0.3) is 11.5 Å². The molecule has 0 aliphatic rings. The van der Waals surface area contributed by atoms with Crippen molar-refractivity contribution in [2.24, 2.45) is 0 Å². The van der Waals surface area contributed by atoms with Gasteiger partial charge in [-0.15, -0.1) is 0 Å². The summed E-state index contributed by atoms with van der Waals surface area (Å²) in [4.78, 5) is 29.7. The lowest BCUT2D eigenvalue weighted by Crippen LogP contribution is -2.37. The van der Waals surface area contributed by atoms with E-state index in [1.54, 1.807) is 48.5 Å². The van der Waals surface area contributed by atoms with Crippen LogP contribution in [0, 0.1) is 6.92 Å². The first-order valence-electron chi connectivity index (χ1n) is 12.5. The van der Waals surface area contributed by atoms with Gasteiger partial charge in [-0.25, -0.2) is 9.78 Å². The smallest absolute Gasteiger partial charge is 0.416 e. The van der Waals surface area contributed by atoms with E-state index < -0.39 is 18.6 Å². The number of amides is 1. The number of carbonyl (C=O) groups excluding carboxylic acids is 1. The van der Waals surface area contributed by atoms with Crippen LogP contribution >= 0.6 is 0 Å². The summed E-state index contributed by atoms with van der Waals surface area (Å²) < 4.78 is 22.1. The Hall–Kier alpha value is -4.79. The minimum absolute atomic E-state index is 0.0662. The van der Waals surface area contributed by atoms with Crippen LogP contribution in [0.3, 0.4) is 0 Å². The van der Waals surface area contributed by atoms with E-state index >= 15 is 0 Å². The molecule has 0 radical (unpaired) electrons. The molecular weight excluding hydrogens is 500 g/mol. The zero-order valence-corrected chi connectivity index (χ0v) is 21.8. The van der Waals surface area contributed by atoms with Gasteiger partial charge < -0.3 is 23.7 Å². The summed E-state index contributed by atoms with van der Waals surface area (Å²) in [6.45, 7) is 1.97. The molecule has 4 aromatic rings. The molecule has 0 atom stereocenters. The number of benzene rings is 3. The van der Waals surface area contributed by atoms with E-state index in [9.17, 15) is 14.7 Å². The SMILES string of the molecule is COc1ccc(OC(=O)N(CC(=O)O)Cc2ccc(OCCCc3nc(-c4ccccc4)oc3C)cc2)cc1. The van der Waals surface area contributed by atoms with E-state index in [0.717, 1.165) is 40.3 Å². The third-order valence-electron chi connectivity index (χ3n) is 5.89. The number of carbonyl (C=O) groups is 2. The minimum atomic E-state index is -1.14. The standard InChI is InChI=1S/C30H30N2O7/c1-21-27(31-29(38-21)23-7-4-3-5-8-23)9-6-18-37-25-12-10-22(11-13-25)19-32(20-28(33)34)30(35)39-26-16-14-24(36-2)15-17-26/h3-5,7-8,10-17H,6,9,18-20H2,1-2H3,(H,33,34). The highest BCUT2D eigenvalue weighted by atomic mass is 16.6. The van der Waals surface area contributed by atoms with Gasteiger partial charge in [0.2, 0.25) is 5.89 Å². The van der Waals surface area contributed by atoms with Gasteiger partial charge in [-0.1, -0.05) is 30.3 Å². The number of carboxylic acids is 1. The predicted molar refractivity (Wildman–Crippen MR) is 144 cm³/mol. The monoisotopic (exact) mass is 530 g/mol. The zero-order chi connectivity index (χ0) is 27.6. The van der Waals surface area contributed by atoms with Crippen LogP contribution < -0.4 is 14.2 Å². The number of hydrogen-bond donors (Lipinski definition) is 1. The first-order chi connectivity index (χ1) is 18.9. The van der Waals surface area contributed by atoms with Gasteiger partial charge in [-0.3, -0.25) is 9.69 Å².